The van der Waals surface area contributed by atoms with E-state index < -0.39 is 16.1 Å². The van der Waals surface area contributed by atoms with Crippen molar-refractivity contribution >= 4 is 10.0 Å². The second kappa shape index (κ2) is 6.51. The number of ether oxygens (including phenoxy) is 2. The number of fused-ring (bicyclic) bond motifs is 1. The molecule has 7 heteroatoms. The van der Waals surface area contributed by atoms with Gasteiger partial charge in [-0.15, -0.1) is 0 Å². The molecular formula is C17H16N2O4S. The Balaban J connectivity index is 1.80. The van der Waals surface area contributed by atoms with Gasteiger partial charge in [0.05, 0.1) is 16.5 Å². The second-order valence-electron chi connectivity index (χ2n) is 5.38. The van der Waals surface area contributed by atoms with Crippen LogP contribution in [-0.4, -0.2) is 21.6 Å². The van der Waals surface area contributed by atoms with Crippen molar-refractivity contribution in [1.82, 2.24) is 4.72 Å². The minimum Gasteiger partial charge on any atom is -0.486 e. The minimum absolute atomic E-state index is 0.117. The standard InChI is InChI=1S/C17H16N2O4S/c1-12(14-4-7-16-17(10-14)23-9-8-22-16)19-24(20,21)15-5-2-13(11-18)3-6-15/h2-7,10,12,19H,8-9H2,1H3. The van der Waals surface area contributed by atoms with Crippen LogP contribution in [0.1, 0.15) is 24.1 Å². The van der Waals surface area contributed by atoms with E-state index in [9.17, 15) is 8.42 Å². The molecule has 1 N–H and O–H groups in total. The molecule has 2 aromatic carbocycles. The number of benzene rings is 2. The van der Waals surface area contributed by atoms with E-state index in [2.05, 4.69) is 4.72 Å². The summed E-state index contributed by atoms with van der Waals surface area (Å²) in [6.45, 7) is 2.74. The van der Waals surface area contributed by atoms with Crippen molar-refractivity contribution in [2.45, 2.75) is 17.9 Å². The molecule has 24 heavy (non-hydrogen) atoms. The number of hydrogen-bond acceptors (Lipinski definition) is 5. The van der Waals surface area contributed by atoms with Gasteiger partial charge in [-0.05, 0) is 48.9 Å². The third-order valence-corrected chi connectivity index (χ3v) is 5.25. The van der Waals surface area contributed by atoms with Gasteiger partial charge in [0.1, 0.15) is 13.2 Å². The number of rotatable bonds is 4. The van der Waals surface area contributed by atoms with Gasteiger partial charge in [0.15, 0.2) is 11.5 Å². The number of nitrogens with zero attached hydrogens (tertiary/aromatic N) is 1. The van der Waals surface area contributed by atoms with Crippen LogP contribution in [-0.2, 0) is 10.0 Å². The first-order valence-electron chi connectivity index (χ1n) is 7.41. The highest BCUT2D eigenvalue weighted by atomic mass is 32.2. The molecule has 0 radical (unpaired) electrons. The molecule has 0 spiro atoms. The quantitative estimate of drug-likeness (QED) is 0.920. The second-order valence-corrected chi connectivity index (χ2v) is 7.10. The molecule has 1 atom stereocenters. The average molecular weight is 344 g/mol. The van der Waals surface area contributed by atoms with E-state index in [4.69, 9.17) is 14.7 Å². The molecule has 1 aliphatic rings. The Labute approximate surface area is 140 Å². The molecule has 0 aliphatic carbocycles. The van der Waals surface area contributed by atoms with Crippen molar-refractivity contribution in [3.8, 4) is 17.6 Å². The van der Waals surface area contributed by atoms with Crippen LogP contribution in [0.4, 0.5) is 0 Å². The predicted molar refractivity (Wildman–Crippen MR) is 87.3 cm³/mol. The lowest BCUT2D eigenvalue weighted by atomic mass is 10.1. The van der Waals surface area contributed by atoms with Gasteiger partial charge in [-0.1, -0.05) is 6.07 Å². The molecule has 1 aliphatic heterocycles. The van der Waals surface area contributed by atoms with E-state index in [1.807, 2.05) is 6.07 Å². The van der Waals surface area contributed by atoms with Gasteiger partial charge in [0.2, 0.25) is 10.0 Å². The zero-order chi connectivity index (χ0) is 17.2. The van der Waals surface area contributed by atoms with E-state index in [1.54, 1.807) is 25.1 Å². The van der Waals surface area contributed by atoms with E-state index >= 15 is 0 Å². The first-order chi connectivity index (χ1) is 11.5. The summed E-state index contributed by atoms with van der Waals surface area (Å²) in [6.07, 6.45) is 0. The minimum atomic E-state index is -3.69. The highest BCUT2D eigenvalue weighted by Crippen LogP contribution is 2.32. The SMILES string of the molecule is CC(NS(=O)(=O)c1ccc(C#N)cc1)c1ccc2c(c1)OCCO2. The molecule has 0 saturated carbocycles. The maximum Gasteiger partial charge on any atom is 0.241 e. The van der Waals surface area contributed by atoms with Gasteiger partial charge in [0, 0.05) is 6.04 Å². The molecule has 0 bridgehead atoms. The Morgan fingerprint density at radius 1 is 1.08 bits per heavy atom. The number of hydrogen-bond donors (Lipinski definition) is 1. The fourth-order valence-corrected chi connectivity index (χ4v) is 3.64. The summed E-state index contributed by atoms with van der Waals surface area (Å²) >= 11 is 0. The van der Waals surface area contributed by atoms with Gasteiger partial charge >= 0.3 is 0 Å². The Morgan fingerprint density at radius 2 is 1.75 bits per heavy atom. The van der Waals surface area contributed by atoms with Crippen LogP contribution in [0.2, 0.25) is 0 Å². The summed E-state index contributed by atoms with van der Waals surface area (Å²) < 4.78 is 38.5. The molecule has 2 aromatic rings. The average Bonchev–Trinajstić information content (AvgIpc) is 2.61. The number of nitriles is 1. The zero-order valence-electron chi connectivity index (χ0n) is 13.0. The smallest absolute Gasteiger partial charge is 0.241 e. The zero-order valence-corrected chi connectivity index (χ0v) is 13.8. The first kappa shape index (κ1) is 16.3. The molecule has 1 heterocycles. The normalized spacial score (nSPS) is 14.7. The van der Waals surface area contributed by atoms with E-state index in [0.717, 1.165) is 5.56 Å². The molecule has 0 aromatic heterocycles. The van der Waals surface area contributed by atoms with Crippen molar-refractivity contribution in [2.24, 2.45) is 0 Å². The lowest BCUT2D eigenvalue weighted by Crippen LogP contribution is -2.27. The highest BCUT2D eigenvalue weighted by molar-refractivity contribution is 7.89. The number of sulfonamides is 1. The van der Waals surface area contributed by atoms with Crippen molar-refractivity contribution in [2.75, 3.05) is 13.2 Å². The van der Waals surface area contributed by atoms with Crippen LogP contribution >= 0.6 is 0 Å². The summed E-state index contributed by atoms with van der Waals surface area (Å²) in [5.41, 5.74) is 1.19. The maximum absolute atomic E-state index is 12.5. The molecule has 124 valence electrons. The van der Waals surface area contributed by atoms with Crippen molar-refractivity contribution in [3.63, 3.8) is 0 Å². The van der Waals surface area contributed by atoms with Crippen LogP contribution in [0.15, 0.2) is 47.4 Å². The van der Waals surface area contributed by atoms with Gasteiger partial charge in [-0.2, -0.15) is 5.26 Å². The fraction of sp³-hybridized carbons (Fsp3) is 0.235. The van der Waals surface area contributed by atoms with Crippen LogP contribution in [0.5, 0.6) is 11.5 Å². The molecule has 0 fully saturated rings. The van der Waals surface area contributed by atoms with Crippen molar-refractivity contribution in [3.05, 3.63) is 53.6 Å². The molecule has 3 rings (SSSR count). The summed E-state index contributed by atoms with van der Waals surface area (Å²) in [6, 6.07) is 12.7. The monoisotopic (exact) mass is 344 g/mol. The first-order valence-corrected chi connectivity index (χ1v) is 8.90. The Morgan fingerprint density at radius 3 is 2.42 bits per heavy atom. The van der Waals surface area contributed by atoms with Gasteiger partial charge in [-0.25, -0.2) is 13.1 Å². The topological polar surface area (TPSA) is 88.4 Å². The van der Waals surface area contributed by atoms with Crippen LogP contribution in [0.25, 0.3) is 0 Å². The van der Waals surface area contributed by atoms with E-state index in [1.165, 1.54) is 24.3 Å². The van der Waals surface area contributed by atoms with Crippen LogP contribution in [0, 0.1) is 11.3 Å². The predicted octanol–water partition coefficient (Wildman–Crippen LogP) is 2.37. The van der Waals surface area contributed by atoms with E-state index in [0.29, 0.717) is 30.3 Å². The fourth-order valence-electron chi connectivity index (χ4n) is 2.41. The van der Waals surface area contributed by atoms with E-state index in [-0.39, 0.29) is 4.90 Å². The third-order valence-electron chi connectivity index (χ3n) is 3.69. The summed E-state index contributed by atoms with van der Waals surface area (Å²) in [5, 5.41) is 8.79. The molecule has 6 nitrogen and oxygen atoms in total. The van der Waals surface area contributed by atoms with Crippen molar-refractivity contribution < 1.29 is 17.9 Å². The molecule has 1 unspecified atom stereocenters. The van der Waals surface area contributed by atoms with Gasteiger partial charge < -0.3 is 9.47 Å². The Kier molecular flexibility index (Phi) is 4.42. The Hall–Kier alpha value is -2.56. The highest BCUT2D eigenvalue weighted by Gasteiger charge is 2.20. The lowest BCUT2D eigenvalue weighted by molar-refractivity contribution is 0.171. The van der Waals surface area contributed by atoms with Gasteiger partial charge in [0.25, 0.3) is 0 Å². The summed E-state index contributed by atoms with van der Waals surface area (Å²) in [5.74, 6) is 1.27. The summed E-state index contributed by atoms with van der Waals surface area (Å²) in [4.78, 5) is 0.117. The van der Waals surface area contributed by atoms with Crippen molar-refractivity contribution in [1.29, 1.82) is 5.26 Å². The molecule has 0 amide bonds. The Bertz CT molecular complexity index is 886. The van der Waals surface area contributed by atoms with Gasteiger partial charge in [-0.3, -0.25) is 0 Å². The maximum atomic E-state index is 12.5. The lowest BCUT2D eigenvalue weighted by Gasteiger charge is -2.21. The van der Waals surface area contributed by atoms with Crippen LogP contribution in [0.3, 0.4) is 0 Å². The summed E-state index contributed by atoms with van der Waals surface area (Å²) in [7, 11) is -3.69. The van der Waals surface area contributed by atoms with Crippen LogP contribution < -0.4 is 14.2 Å². The molecular weight excluding hydrogens is 328 g/mol. The third kappa shape index (κ3) is 3.35. The largest absolute Gasteiger partial charge is 0.486 e. The molecule has 0 saturated heterocycles. The number of nitrogens with one attached hydrogen (secondary N) is 1.